The van der Waals surface area contributed by atoms with Gasteiger partial charge in [-0.2, -0.15) is 0 Å². The highest BCUT2D eigenvalue weighted by atomic mass is 32.2. The van der Waals surface area contributed by atoms with Crippen LogP contribution in [0.15, 0.2) is 83.8 Å². The quantitative estimate of drug-likeness (QED) is 0.580. The summed E-state index contributed by atoms with van der Waals surface area (Å²) in [4.78, 5) is 28.1. The number of amides is 1. The van der Waals surface area contributed by atoms with E-state index in [1.165, 1.54) is 24.3 Å². The van der Waals surface area contributed by atoms with Crippen LogP contribution < -0.4 is 4.90 Å². The van der Waals surface area contributed by atoms with Crippen molar-refractivity contribution in [2.75, 3.05) is 17.3 Å². The lowest BCUT2D eigenvalue weighted by atomic mass is 10.1. The largest absolute Gasteiger partial charge is 0.452 e. The van der Waals surface area contributed by atoms with Gasteiger partial charge in [-0.05, 0) is 42.0 Å². The van der Waals surface area contributed by atoms with Crippen molar-refractivity contribution in [3.63, 3.8) is 0 Å². The van der Waals surface area contributed by atoms with Gasteiger partial charge in [0.1, 0.15) is 5.82 Å². The summed E-state index contributed by atoms with van der Waals surface area (Å²) >= 11 is 1.70. The molecule has 3 aromatic rings. The number of halogens is 1. The number of esters is 1. The van der Waals surface area contributed by atoms with Crippen LogP contribution in [-0.4, -0.2) is 24.2 Å². The summed E-state index contributed by atoms with van der Waals surface area (Å²) in [6, 6.07) is 22.4. The summed E-state index contributed by atoms with van der Waals surface area (Å²) < 4.78 is 18.3. The molecule has 0 aliphatic carbocycles. The molecular formula is C23H18FNO3S. The van der Waals surface area contributed by atoms with Crippen molar-refractivity contribution in [3.8, 4) is 0 Å². The van der Waals surface area contributed by atoms with Crippen LogP contribution in [0.5, 0.6) is 0 Å². The first kappa shape index (κ1) is 19.2. The van der Waals surface area contributed by atoms with Crippen LogP contribution in [0.3, 0.4) is 0 Å². The number of para-hydroxylation sites is 1. The van der Waals surface area contributed by atoms with Gasteiger partial charge in [-0.25, -0.2) is 9.18 Å². The molecule has 3 aromatic carbocycles. The number of thioether (sulfide) groups is 1. The zero-order valence-electron chi connectivity index (χ0n) is 15.5. The van der Waals surface area contributed by atoms with Crippen LogP contribution in [0.2, 0.25) is 0 Å². The molecule has 6 heteroatoms. The van der Waals surface area contributed by atoms with Crippen molar-refractivity contribution >= 4 is 29.3 Å². The molecule has 146 valence electrons. The third kappa shape index (κ3) is 4.17. The number of hydrogen-bond acceptors (Lipinski definition) is 4. The van der Waals surface area contributed by atoms with Gasteiger partial charge in [0.2, 0.25) is 0 Å². The average Bonchev–Trinajstić information content (AvgIpc) is 2.77. The Morgan fingerprint density at radius 3 is 2.41 bits per heavy atom. The van der Waals surface area contributed by atoms with Gasteiger partial charge in [-0.1, -0.05) is 42.5 Å². The fourth-order valence-electron chi connectivity index (χ4n) is 3.28. The predicted octanol–water partition coefficient (Wildman–Crippen LogP) is 4.86. The van der Waals surface area contributed by atoms with Crippen molar-refractivity contribution in [1.82, 2.24) is 0 Å². The molecule has 0 fully saturated rings. The number of anilines is 1. The molecule has 0 saturated heterocycles. The first-order valence-electron chi connectivity index (χ1n) is 9.15. The molecule has 0 aromatic heterocycles. The molecule has 1 heterocycles. The van der Waals surface area contributed by atoms with E-state index in [0.29, 0.717) is 5.75 Å². The molecule has 0 N–H and O–H groups in total. The van der Waals surface area contributed by atoms with Crippen molar-refractivity contribution in [1.29, 1.82) is 0 Å². The fourth-order valence-corrected chi connectivity index (χ4v) is 4.45. The maximum absolute atomic E-state index is 13.1. The summed E-state index contributed by atoms with van der Waals surface area (Å²) in [6.07, 6.45) is 0. The highest BCUT2D eigenvalue weighted by Crippen LogP contribution is 2.43. The lowest BCUT2D eigenvalue weighted by molar-refractivity contribution is -0.122. The molecule has 4 rings (SSSR count). The SMILES string of the molecule is O=C(OCC(=O)N1c2ccccc2SC[C@H]1c1ccccc1)c1ccc(F)cc1. The van der Waals surface area contributed by atoms with E-state index >= 15 is 0 Å². The molecule has 0 spiro atoms. The minimum Gasteiger partial charge on any atom is -0.452 e. The maximum Gasteiger partial charge on any atom is 0.338 e. The summed E-state index contributed by atoms with van der Waals surface area (Å²) in [5.41, 5.74) is 2.03. The molecule has 1 atom stereocenters. The maximum atomic E-state index is 13.1. The lowest BCUT2D eigenvalue weighted by Crippen LogP contribution is -2.41. The smallest absolute Gasteiger partial charge is 0.338 e. The van der Waals surface area contributed by atoms with Crippen LogP contribution in [-0.2, 0) is 9.53 Å². The monoisotopic (exact) mass is 407 g/mol. The Bertz CT molecular complexity index is 1020. The average molecular weight is 407 g/mol. The third-order valence-corrected chi connectivity index (χ3v) is 5.83. The van der Waals surface area contributed by atoms with Gasteiger partial charge in [0.25, 0.3) is 5.91 Å². The summed E-state index contributed by atoms with van der Waals surface area (Å²) in [5, 5.41) is 0. The van der Waals surface area contributed by atoms with Crippen molar-refractivity contribution in [2.24, 2.45) is 0 Å². The Hall–Kier alpha value is -3.12. The van der Waals surface area contributed by atoms with E-state index in [2.05, 4.69) is 0 Å². The van der Waals surface area contributed by atoms with Crippen LogP contribution in [0.4, 0.5) is 10.1 Å². The van der Waals surface area contributed by atoms with E-state index in [-0.39, 0.29) is 17.5 Å². The van der Waals surface area contributed by atoms with Gasteiger partial charge in [-0.15, -0.1) is 11.8 Å². The molecule has 0 saturated carbocycles. The van der Waals surface area contributed by atoms with E-state index in [0.717, 1.165) is 16.1 Å². The Morgan fingerprint density at radius 2 is 1.66 bits per heavy atom. The topological polar surface area (TPSA) is 46.6 Å². The number of carbonyl (C=O) groups excluding carboxylic acids is 2. The Kier molecular flexibility index (Phi) is 5.62. The number of hydrogen-bond donors (Lipinski definition) is 0. The number of rotatable bonds is 4. The fraction of sp³-hybridized carbons (Fsp3) is 0.130. The third-order valence-electron chi connectivity index (χ3n) is 4.69. The number of nitrogens with zero attached hydrogens (tertiary/aromatic N) is 1. The van der Waals surface area contributed by atoms with Crippen molar-refractivity contribution in [3.05, 3.63) is 95.8 Å². The van der Waals surface area contributed by atoms with Crippen molar-refractivity contribution in [2.45, 2.75) is 10.9 Å². The Balaban J connectivity index is 1.56. The van der Waals surface area contributed by atoms with Gasteiger partial charge in [-0.3, -0.25) is 9.69 Å². The standard InChI is InChI=1S/C23H18FNO3S/c24-18-12-10-17(11-13-18)23(27)28-14-22(26)25-19-8-4-5-9-21(19)29-15-20(25)16-6-2-1-3-7-16/h1-13,20H,14-15H2/t20-/m0/s1. The minimum atomic E-state index is -0.658. The molecule has 0 bridgehead atoms. The normalized spacial score (nSPS) is 15.5. The van der Waals surface area contributed by atoms with Gasteiger partial charge in [0, 0.05) is 10.6 Å². The van der Waals surface area contributed by atoms with E-state index in [4.69, 9.17) is 4.74 Å². The van der Waals surface area contributed by atoms with Crippen LogP contribution in [0.1, 0.15) is 22.0 Å². The molecule has 1 amide bonds. The molecule has 1 aliphatic heterocycles. The zero-order valence-corrected chi connectivity index (χ0v) is 16.3. The number of ether oxygens (including phenoxy) is 1. The van der Waals surface area contributed by atoms with Crippen LogP contribution in [0.25, 0.3) is 0 Å². The second-order valence-electron chi connectivity index (χ2n) is 6.55. The van der Waals surface area contributed by atoms with Gasteiger partial charge < -0.3 is 4.74 Å². The second-order valence-corrected chi connectivity index (χ2v) is 7.61. The second kappa shape index (κ2) is 8.49. The molecule has 0 radical (unpaired) electrons. The van der Waals surface area contributed by atoms with Crippen LogP contribution in [0, 0.1) is 5.82 Å². The molecule has 4 nitrogen and oxygen atoms in total. The molecule has 0 unspecified atom stereocenters. The molecular weight excluding hydrogens is 389 g/mol. The van der Waals surface area contributed by atoms with E-state index in [1.54, 1.807) is 16.7 Å². The van der Waals surface area contributed by atoms with E-state index in [1.807, 2.05) is 54.6 Å². The predicted molar refractivity (Wildman–Crippen MR) is 111 cm³/mol. The Morgan fingerprint density at radius 1 is 0.966 bits per heavy atom. The first-order chi connectivity index (χ1) is 14.1. The summed E-state index contributed by atoms with van der Waals surface area (Å²) in [6.45, 7) is -0.390. The molecule has 1 aliphatic rings. The van der Waals surface area contributed by atoms with Crippen molar-refractivity contribution < 1.29 is 18.7 Å². The Labute approximate surface area is 172 Å². The highest BCUT2D eigenvalue weighted by Gasteiger charge is 2.32. The lowest BCUT2D eigenvalue weighted by Gasteiger charge is -2.37. The van der Waals surface area contributed by atoms with Gasteiger partial charge in [0.15, 0.2) is 6.61 Å². The zero-order chi connectivity index (χ0) is 20.2. The number of carbonyl (C=O) groups is 2. The summed E-state index contributed by atoms with van der Waals surface area (Å²) in [7, 11) is 0. The van der Waals surface area contributed by atoms with Gasteiger partial charge in [0.05, 0.1) is 17.3 Å². The van der Waals surface area contributed by atoms with E-state index in [9.17, 15) is 14.0 Å². The van der Waals surface area contributed by atoms with Crippen LogP contribution >= 0.6 is 11.8 Å². The highest BCUT2D eigenvalue weighted by molar-refractivity contribution is 7.99. The molecule has 29 heavy (non-hydrogen) atoms. The minimum absolute atomic E-state index is 0.159. The number of benzene rings is 3. The number of fused-ring (bicyclic) bond motifs is 1. The van der Waals surface area contributed by atoms with E-state index < -0.39 is 18.4 Å². The van der Waals surface area contributed by atoms with Gasteiger partial charge >= 0.3 is 5.97 Å². The summed E-state index contributed by atoms with van der Waals surface area (Å²) in [5.74, 6) is -0.694. The first-order valence-corrected chi connectivity index (χ1v) is 10.1.